The van der Waals surface area contributed by atoms with Crippen molar-refractivity contribution in [3.63, 3.8) is 0 Å². The van der Waals surface area contributed by atoms with Crippen LogP contribution in [0.1, 0.15) is 28.4 Å². The molecule has 1 saturated heterocycles. The van der Waals surface area contributed by atoms with E-state index in [1.54, 1.807) is 0 Å². The molecule has 1 aliphatic heterocycles. The van der Waals surface area contributed by atoms with Crippen LogP contribution < -0.4 is 0 Å². The van der Waals surface area contributed by atoms with Gasteiger partial charge in [-0.3, -0.25) is 9.69 Å². The van der Waals surface area contributed by atoms with E-state index < -0.39 is 0 Å². The Hall–Kier alpha value is -1.19. The predicted octanol–water partition coefficient (Wildman–Crippen LogP) is 2.21. The van der Waals surface area contributed by atoms with Gasteiger partial charge in [-0.2, -0.15) is 0 Å². The molecule has 1 fully saturated rings. The number of aryl methyl sites for hydroxylation is 2. The topological polar surface area (TPSA) is 29.5 Å². The molecule has 1 unspecified atom stereocenters. The summed E-state index contributed by atoms with van der Waals surface area (Å²) in [6.45, 7) is 9.40. The van der Waals surface area contributed by atoms with Gasteiger partial charge >= 0.3 is 0 Å². The smallest absolute Gasteiger partial charge is 0.192 e. The Balaban J connectivity index is 2.15. The molecule has 0 N–H and O–H groups in total. The number of morpholine rings is 1. The van der Waals surface area contributed by atoms with Crippen LogP contribution in [0.2, 0.25) is 0 Å². The standard InChI is InChI=1S/C15H21NO2/c1-4-16-5-6-18-14(10-16)15(17)13-8-11(2)7-12(3)9-13/h7-9,14H,4-6,10H2,1-3H3. The van der Waals surface area contributed by atoms with Gasteiger partial charge in [0.1, 0.15) is 6.10 Å². The van der Waals surface area contributed by atoms with Crippen molar-refractivity contribution in [1.29, 1.82) is 0 Å². The Bertz CT molecular complexity index is 422. The van der Waals surface area contributed by atoms with E-state index in [2.05, 4.69) is 17.9 Å². The largest absolute Gasteiger partial charge is 0.367 e. The molecule has 0 bridgehead atoms. The minimum absolute atomic E-state index is 0.111. The van der Waals surface area contributed by atoms with E-state index in [0.29, 0.717) is 13.2 Å². The number of carbonyl (C=O) groups excluding carboxylic acids is 1. The Morgan fingerprint density at radius 3 is 2.61 bits per heavy atom. The minimum atomic E-state index is -0.306. The number of ether oxygens (including phenoxy) is 1. The fourth-order valence-corrected chi connectivity index (χ4v) is 2.45. The second-order valence-electron chi connectivity index (χ2n) is 4.99. The van der Waals surface area contributed by atoms with Gasteiger partial charge in [0.25, 0.3) is 0 Å². The maximum absolute atomic E-state index is 12.4. The highest BCUT2D eigenvalue weighted by atomic mass is 16.5. The second kappa shape index (κ2) is 5.63. The van der Waals surface area contributed by atoms with Crippen LogP contribution in [0.5, 0.6) is 0 Å². The van der Waals surface area contributed by atoms with Crippen molar-refractivity contribution in [2.75, 3.05) is 26.2 Å². The lowest BCUT2D eigenvalue weighted by Gasteiger charge is -2.31. The van der Waals surface area contributed by atoms with Crippen LogP contribution in [0.3, 0.4) is 0 Å². The van der Waals surface area contributed by atoms with Crippen LogP contribution in [0.4, 0.5) is 0 Å². The van der Waals surface area contributed by atoms with Gasteiger partial charge in [0, 0.05) is 18.7 Å². The van der Waals surface area contributed by atoms with Gasteiger partial charge in [-0.1, -0.05) is 24.1 Å². The molecule has 1 heterocycles. The van der Waals surface area contributed by atoms with Crippen molar-refractivity contribution in [3.05, 3.63) is 34.9 Å². The summed E-state index contributed by atoms with van der Waals surface area (Å²) in [4.78, 5) is 14.7. The summed E-state index contributed by atoms with van der Waals surface area (Å²) in [6.07, 6.45) is -0.306. The molecule has 0 spiro atoms. The van der Waals surface area contributed by atoms with Crippen molar-refractivity contribution >= 4 is 5.78 Å². The molecule has 0 radical (unpaired) electrons. The number of hydrogen-bond acceptors (Lipinski definition) is 3. The van der Waals surface area contributed by atoms with Crippen molar-refractivity contribution in [3.8, 4) is 0 Å². The molecule has 1 aromatic carbocycles. The number of likely N-dealkylation sites (N-methyl/N-ethyl adjacent to an activating group) is 1. The third kappa shape index (κ3) is 2.98. The number of hydrogen-bond donors (Lipinski definition) is 0. The zero-order valence-corrected chi connectivity index (χ0v) is 11.4. The first-order valence-electron chi connectivity index (χ1n) is 6.56. The molecular formula is C15H21NO2. The summed E-state index contributed by atoms with van der Waals surface area (Å²) in [7, 11) is 0. The summed E-state index contributed by atoms with van der Waals surface area (Å²) in [5.41, 5.74) is 3.03. The second-order valence-corrected chi connectivity index (χ2v) is 4.99. The van der Waals surface area contributed by atoms with Crippen molar-refractivity contribution in [2.45, 2.75) is 26.9 Å². The molecule has 1 atom stereocenters. The van der Waals surface area contributed by atoms with E-state index in [0.717, 1.165) is 29.8 Å². The Labute approximate surface area is 109 Å². The SMILES string of the molecule is CCN1CCOC(C(=O)c2cc(C)cc(C)c2)C1. The van der Waals surface area contributed by atoms with E-state index in [1.807, 2.05) is 26.0 Å². The average molecular weight is 247 g/mol. The number of nitrogens with zero attached hydrogens (tertiary/aromatic N) is 1. The normalized spacial score (nSPS) is 20.9. The van der Waals surface area contributed by atoms with Gasteiger partial charge in [0.05, 0.1) is 6.61 Å². The highest BCUT2D eigenvalue weighted by Gasteiger charge is 2.26. The van der Waals surface area contributed by atoms with Crippen molar-refractivity contribution in [1.82, 2.24) is 4.90 Å². The third-order valence-corrected chi connectivity index (χ3v) is 3.40. The highest BCUT2D eigenvalue weighted by molar-refractivity contribution is 6.00. The summed E-state index contributed by atoms with van der Waals surface area (Å²) < 4.78 is 5.61. The Kier molecular flexibility index (Phi) is 4.15. The van der Waals surface area contributed by atoms with Gasteiger partial charge in [0.2, 0.25) is 0 Å². The van der Waals surface area contributed by atoms with E-state index in [1.165, 1.54) is 0 Å². The summed E-state index contributed by atoms with van der Waals surface area (Å²) >= 11 is 0. The molecule has 0 saturated carbocycles. The summed E-state index contributed by atoms with van der Waals surface area (Å²) in [6, 6.07) is 5.98. The molecule has 0 amide bonds. The van der Waals surface area contributed by atoms with E-state index in [-0.39, 0.29) is 11.9 Å². The van der Waals surface area contributed by atoms with Crippen LogP contribution in [0.25, 0.3) is 0 Å². The quantitative estimate of drug-likeness (QED) is 0.767. The van der Waals surface area contributed by atoms with Gasteiger partial charge in [-0.05, 0) is 32.5 Å². The Morgan fingerprint density at radius 2 is 2.00 bits per heavy atom. The number of carbonyl (C=O) groups is 1. The zero-order chi connectivity index (χ0) is 13.1. The first-order valence-corrected chi connectivity index (χ1v) is 6.56. The monoisotopic (exact) mass is 247 g/mol. The maximum atomic E-state index is 12.4. The average Bonchev–Trinajstić information content (AvgIpc) is 2.37. The van der Waals surface area contributed by atoms with Crippen molar-refractivity contribution in [2.24, 2.45) is 0 Å². The Morgan fingerprint density at radius 1 is 1.33 bits per heavy atom. The zero-order valence-electron chi connectivity index (χ0n) is 11.4. The molecule has 0 aliphatic carbocycles. The summed E-state index contributed by atoms with van der Waals surface area (Å²) in [5.74, 6) is 0.111. The van der Waals surface area contributed by atoms with Gasteiger partial charge < -0.3 is 4.74 Å². The molecule has 1 aliphatic rings. The number of benzene rings is 1. The van der Waals surface area contributed by atoms with Crippen LogP contribution in [0, 0.1) is 13.8 Å². The molecule has 3 heteroatoms. The van der Waals surface area contributed by atoms with E-state index in [9.17, 15) is 4.79 Å². The summed E-state index contributed by atoms with van der Waals surface area (Å²) in [5, 5.41) is 0. The van der Waals surface area contributed by atoms with Gasteiger partial charge in [0.15, 0.2) is 5.78 Å². The highest BCUT2D eigenvalue weighted by Crippen LogP contribution is 2.15. The molecular weight excluding hydrogens is 226 g/mol. The predicted molar refractivity (Wildman–Crippen MR) is 72.1 cm³/mol. The van der Waals surface area contributed by atoms with Crippen LogP contribution in [0.15, 0.2) is 18.2 Å². The van der Waals surface area contributed by atoms with Crippen LogP contribution in [-0.4, -0.2) is 43.0 Å². The number of ketones is 1. The lowest BCUT2D eigenvalue weighted by molar-refractivity contribution is -0.0148. The fourth-order valence-electron chi connectivity index (χ4n) is 2.45. The molecule has 3 nitrogen and oxygen atoms in total. The van der Waals surface area contributed by atoms with E-state index in [4.69, 9.17) is 4.74 Å². The first-order chi connectivity index (χ1) is 8.60. The van der Waals surface area contributed by atoms with Gasteiger partial charge in [-0.15, -0.1) is 0 Å². The van der Waals surface area contributed by atoms with Crippen molar-refractivity contribution < 1.29 is 9.53 Å². The molecule has 2 rings (SSSR count). The molecule has 1 aromatic rings. The van der Waals surface area contributed by atoms with Crippen LogP contribution >= 0.6 is 0 Å². The molecule has 18 heavy (non-hydrogen) atoms. The first kappa shape index (κ1) is 13.2. The van der Waals surface area contributed by atoms with E-state index >= 15 is 0 Å². The minimum Gasteiger partial charge on any atom is -0.367 e. The maximum Gasteiger partial charge on any atom is 0.192 e. The number of rotatable bonds is 3. The third-order valence-electron chi connectivity index (χ3n) is 3.40. The van der Waals surface area contributed by atoms with Crippen LogP contribution in [-0.2, 0) is 4.74 Å². The molecule has 0 aromatic heterocycles. The number of Topliss-reactive ketones (excluding diaryl/α,β-unsaturated/α-hetero) is 1. The lowest BCUT2D eigenvalue weighted by atomic mass is 10.0. The lowest BCUT2D eigenvalue weighted by Crippen LogP contribution is -2.45. The fraction of sp³-hybridized carbons (Fsp3) is 0.533. The molecule has 98 valence electrons. The van der Waals surface area contributed by atoms with Gasteiger partial charge in [-0.25, -0.2) is 0 Å².